The summed E-state index contributed by atoms with van der Waals surface area (Å²) in [6.07, 6.45) is 2.97. The largest absolute Gasteiger partial charge is 0.396 e. The van der Waals surface area contributed by atoms with E-state index in [-0.39, 0.29) is 29.9 Å². The molecule has 2 rings (SSSR count). The van der Waals surface area contributed by atoms with Crippen molar-refractivity contribution in [3.05, 3.63) is 21.3 Å². The molecule has 0 spiro atoms. The van der Waals surface area contributed by atoms with Crippen LogP contribution in [0, 0.1) is 5.41 Å². The lowest BCUT2D eigenvalue weighted by Gasteiger charge is -2.30. The number of amides is 1. The highest BCUT2D eigenvalue weighted by Gasteiger charge is 2.39. The third-order valence-corrected chi connectivity index (χ3v) is 5.59. The molecule has 1 amide bonds. The third-order valence-electron chi connectivity index (χ3n) is 4.17. The van der Waals surface area contributed by atoms with Gasteiger partial charge in [-0.1, -0.05) is 24.9 Å². The number of carbonyl (C=O) groups is 1. The second-order valence-electron chi connectivity index (χ2n) is 5.63. The van der Waals surface area contributed by atoms with Gasteiger partial charge in [0.15, 0.2) is 0 Å². The lowest BCUT2D eigenvalue weighted by atomic mass is 9.85. The van der Waals surface area contributed by atoms with Crippen LogP contribution in [0.1, 0.15) is 43.9 Å². The minimum atomic E-state index is -0.193. The Balaban J connectivity index is 2.01. The summed E-state index contributed by atoms with van der Waals surface area (Å²) in [5.41, 5.74) is -0.178. The van der Waals surface area contributed by atoms with E-state index >= 15 is 0 Å². The molecular weight excluding hydrogens is 282 g/mol. The molecule has 2 N–H and O–H groups in total. The fraction of sp³-hybridized carbons (Fsp3) is 0.643. The molecule has 1 aromatic heterocycles. The number of nitrogens with one attached hydrogen (secondary N) is 1. The fourth-order valence-electron chi connectivity index (χ4n) is 2.66. The van der Waals surface area contributed by atoms with Crippen molar-refractivity contribution >= 4 is 28.8 Å². The first-order chi connectivity index (χ1) is 8.96. The summed E-state index contributed by atoms with van der Waals surface area (Å²) in [5, 5.41) is 12.6. The van der Waals surface area contributed by atoms with Crippen molar-refractivity contribution in [2.45, 2.75) is 45.1 Å². The molecule has 1 fully saturated rings. The summed E-state index contributed by atoms with van der Waals surface area (Å²) < 4.78 is 0.704. The Labute approximate surface area is 123 Å². The van der Waals surface area contributed by atoms with Crippen LogP contribution in [-0.2, 0) is 4.79 Å². The SMILES string of the molecule is C[C@H](C(=O)N[C@H]1CCC[C@@]1(C)CO)c1ccc(Cl)s1. The Morgan fingerprint density at radius 1 is 1.68 bits per heavy atom. The van der Waals surface area contributed by atoms with E-state index < -0.39 is 0 Å². The van der Waals surface area contributed by atoms with Crippen LogP contribution in [0.4, 0.5) is 0 Å². The van der Waals surface area contributed by atoms with Crippen molar-refractivity contribution in [1.29, 1.82) is 0 Å². The van der Waals surface area contributed by atoms with Crippen LogP contribution >= 0.6 is 22.9 Å². The number of carbonyl (C=O) groups excluding carboxylic acids is 1. The first kappa shape index (κ1) is 14.8. The van der Waals surface area contributed by atoms with Crippen molar-refractivity contribution in [2.75, 3.05) is 6.61 Å². The number of halogens is 1. The molecule has 0 bridgehead atoms. The zero-order valence-electron chi connectivity index (χ0n) is 11.3. The number of hydrogen-bond donors (Lipinski definition) is 2. The molecular formula is C14H20ClNO2S. The van der Waals surface area contributed by atoms with Crippen LogP contribution < -0.4 is 5.32 Å². The fourth-order valence-corrected chi connectivity index (χ4v) is 3.77. The van der Waals surface area contributed by atoms with E-state index in [1.54, 1.807) is 0 Å². The predicted octanol–water partition coefficient (Wildman–Crippen LogP) is 3.17. The molecule has 1 aliphatic rings. The molecule has 0 saturated heterocycles. The topological polar surface area (TPSA) is 49.3 Å². The van der Waals surface area contributed by atoms with Gasteiger partial charge in [-0.3, -0.25) is 4.79 Å². The van der Waals surface area contributed by atoms with E-state index in [1.807, 2.05) is 26.0 Å². The smallest absolute Gasteiger partial charge is 0.228 e. The van der Waals surface area contributed by atoms with Crippen molar-refractivity contribution < 1.29 is 9.90 Å². The van der Waals surface area contributed by atoms with Gasteiger partial charge >= 0.3 is 0 Å². The zero-order valence-corrected chi connectivity index (χ0v) is 12.9. The van der Waals surface area contributed by atoms with Gasteiger partial charge in [-0.2, -0.15) is 0 Å². The van der Waals surface area contributed by atoms with Crippen LogP contribution in [-0.4, -0.2) is 23.7 Å². The van der Waals surface area contributed by atoms with E-state index in [2.05, 4.69) is 5.32 Å². The summed E-state index contributed by atoms with van der Waals surface area (Å²) in [6, 6.07) is 3.79. The van der Waals surface area contributed by atoms with Gasteiger partial charge in [-0.05, 0) is 31.9 Å². The number of aliphatic hydroxyl groups is 1. The van der Waals surface area contributed by atoms with Crippen LogP contribution in [0.3, 0.4) is 0 Å². The second kappa shape index (κ2) is 5.81. The van der Waals surface area contributed by atoms with Crippen LogP contribution in [0.2, 0.25) is 4.34 Å². The molecule has 1 heterocycles. The average Bonchev–Trinajstić information content (AvgIpc) is 2.96. The standard InChI is InChI=1S/C14H20ClNO2S/c1-9(10-5-6-12(15)19-10)13(18)16-11-4-3-7-14(11,2)8-17/h5-6,9,11,17H,3-4,7-8H2,1-2H3,(H,16,18)/t9-,11-,14-/m0/s1. The molecule has 1 aromatic rings. The zero-order chi connectivity index (χ0) is 14.0. The summed E-state index contributed by atoms with van der Waals surface area (Å²) in [5.74, 6) is -0.175. The molecule has 0 unspecified atom stereocenters. The van der Waals surface area contributed by atoms with Gasteiger partial charge in [0.2, 0.25) is 5.91 Å². The Morgan fingerprint density at radius 2 is 2.42 bits per heavy atom. The van der Waals surface area contributed by atoms with Crippen molar-refractivity contribution in [3.63, 3.8) is 0 Å². The lowest BCUT2D eigenvalue weighted by Crippen LogP contribution is -2.46. The van der Waals surface area contributed by atoms with Gasteiger partial charge < -0.3 is 10.4 Å². The van der Waals surface area contributed by atoms with E-state index in [9.17, 15) is 9.90 Å². The monoisotopic (exact) mass is 301 g/mol. The summed E-state index contributed by atoms with van der Waals surface area (Å²) >= 11 is 7.34. The number of rotatable bonds is 4. The van der Waals surface area contributed by atoms with Gasteiger partial charge in [0.1, 0.15) is 0 Å². The molecule has 1 saturated carbocycles. The third kappa shape index (κ3) is 3.12. The van der Waals surface area contributed by atoms with Crippen molar-refractivity contribution in [3.8, 4) is 0 Å². The number of hydrogen-bond acceptors (Lipinski definition) is 3. The Kier molecular flexibility index (Phi) is 4.54. The highest BCUT2D eigenvalue weighted by atomic mass is 35.5. The molecule has 1 aliphatic carbocycles. The predicted molar refractivity (Wildman–Crippen MR) is 78.7 cm³/mol. The summed E-state index contributed by atoms with van der Waals surface area (Å²) in [6.45, 7) is 4.05. The first-order valence-corrected chi connectivity index (χ1v) is 7.82. The highest BCUT2D eigenvalue weighted by Crippen LogP contribution is 2.38. The highest BCUT2D eigenvalue weighted by molar-refractivity contribution is 7.16. The molecule has 3 nitrogen and oxygen atoms in total. The molecule has 0 radical (unpaired) electrons. The lowest BCUT2D eigenvalue weighted by molar-refractivity contribution is -0.123. The van der Waals surface area contributed by atoms with E-state index in [4.69, 9.17) is 11.6 Å². The Morgan fingerprint density at radius 3 is 3.00 bits per heavy atom. The number of aliphatic hydroxyl groups excluding tert-OH is 1. The van der Waals surface area contributed by atoms with Crippen LogP contribution in [0.25, 0.3) is 0 Å². The minimum absolute atomic E-state index is 0.0186. The maximum atomic E-state index is 12.3. The molecule has 5 heteroatoms. The molecule has 0 aromatic carbocycles. The van der Waals surface area contributed by atoms with Gasteiger partial charge in [0.05, 0.1) is 16.9 Å². The second-order valence-corrected chi connectivity index (χ2v) is 7.38. The van der Waals surface area contributed by atoms with E-state index in [0.29, 0.717) is 4.34 Å². The van der Waals surface area contributed by atoms with Crippen molar-refractivity contribution in [2.24, 2.45) is 5.41 Å². The van der Waals surface area contributed by atoms with Gasteiger partial charge in [0, 0.05) is 16.3 Å². The Hall–Kier alpha value is -0.580. The molecule has 19 heavy (non-hydrogen) atoms. The van der Waals surface area contributed by atoms with E-state index in [0.717, 1.165) is 24.1 Å². The van der Waals surface area contributed by atoms with E-state index in [1.165, 1.54) is 11.3 Å². The van der Waals surface area contributed by atoms with Crippen LogP contribution in [0.15, 0.2) is 12.1 Å². The average molecular weight is 302 g/mol. The van der Waals surface area contributed by atoms with Gasteiger partial charge in [0.25, 0.3) is 0 Å². The van der Waals surface area contributed by atoms with Crippen molar-refractivity contribution in [1.82, 2.24) is 5.32 Å². The first-order valence-electron chi connectivity index (χ1n) is 6.63. The summed E-state index contributed by atoms with van der Waals surface area (Å²) in [4.78, 5) is 13.3. The number of thiophene rings is 1. The summed E-state index contributed by atoms with van der Waals surface area (Å²) in [7, 11) is 0. The molecule has 3 atom stereocenters. The Bertz CT molecular complexity index is 462. The van der Waals surface area contributed by atoms with Crippen LogP contribution in [0.5, 0.6) is 0 Å². The quantitative estimate of drug-likeness (QED) is 0.897. The van der Waals surface area contributed by atoms with Gasteiger partial charge in [-0.15, -0.1) is 11.3 Å². The maximum absolute atomic E-state index is 12.3. The maximum Gasteiger partial charge on any atom is 0.228 e. The molecule has 0 aliphatic heterocycles. The minimum Gasteiger partial charge on any atom is -0.396 e. The molecule has 106 valence electrons. The normalized spacial score (nSPS) is 28.3. The van der Waals surface area contributed by atoms with Gasteiger partial charge in [-0.25, -0.2) is 0 Å².